The molecule has 0 amide bonds. The molecular formula is C21H22ClN5O4S2. The minimum Gasteiger partial charge on any atom is -0.367 e. The second-order valence-electron chi connectivity index (χ2n) is 7.92. The molecule has 33 heavy (non-hydrogen) atoms. The van der Waals surface area contributed by atoms with Gasteiger partial charge in [0.15, 0.2) is 0 Å². The summed E-state index contributed by atoms with van der Waals surface area (Å²) >= 11 is 7.37. The average molecular weight is 508 g/mol. The number of nitrogens with two attached hydrogens (primary N) is 1. The molecular weight excluding hydrogens is 486 g/mol. The second-order valence-corrected chi connectivity index (χ2v) is 10.5. The Bertz CT molecular complexity index is 1250. The van der Waals surface area contributed by atoms with Gasteiger partial charge in [0.05, 0.1) is 22.1 Å². The van der Waals surface area contributed by atoms with Crippen LogP contribution >= 0.6 is 22.9 Å². The summed E-state index contributed by atoms with van der Waals surface area (Å²) in [6, 6.07) is 3.75. The molecule has 9 nitrogen and oxygen atoms in total. The van der Waals surface area contributed by atoms with Crippen molar-refractivity contribution in [1.29, 1.82) is 0 Å². The number of halogens is 1. The largest absolute Gasteiger partial charge is 0.367 e. The minimum atomic E-state index is -3.95. The van der Waals surface area contributed by atoms with E-state index < -0.39 is 10.3 Å². The highest BCUT2D eigenvalue weighted by Gasteiger charge is 2.28. The first-order valence-electron chi connectivity index (χ1n) is 10.2. The van der Waals surface area contributed by atoms with E-state index in [1.807, 2.05) is 17.5 Å². The fourth-order valence-corrected chi connectivity index (χ4v) is 5.31. The highest BCUT2D eigenvalue weighted by molar-refractivity contribution is 7.84. The van der Waals surface area contributed by atoms with Crippen LogP contribution in [0, 0.1) is 5.92 Å². The molecule has 0 bridgehead atoms. The van der Waals surface area contributed by atoms with E-state index in [4.69, 9.17) is 20.9 Å². The Kier molecular flexibility index (Phi) is 7.35. The Hall–Kier alpha value is -2.44. The number of anilines is 1. The van der Waals surface area contributed by atoms with Crippen molar-refractivity contribution in [3.8, 4) is 0 Å². The summed E-state index contributed by atoms with van der Waals surface area (Å²) in [4.78, 5) is 26.2. The Morgan fingerprint density at radius 2 is 2.06 bits per heavy atom. The van der Waals surface area contributed by atoms with Crippen LogP contribution in [0.5, 0.6) is 0 Å². The van der Waals surface area contributed by atoms with E-state index >= 15 is 0 Å². The lowest BCUT2D eigenvalue weighted by Gasteiger charge is -2.15. The number of carbonyl (C=O) groups is 1. The van der Waals surface area contributed by atoms with E-state index in [2.05, 4.69) is 20.3 Å². The molecule has 3 aromatic heterocycles. The number of pyridine rings is 1. The van der Waals surface area contributed by atoms with Crippen LogP contribution in [0.2, 0.25) is 5.02 Å². The van der Waals surface area contributed by atoms with Gasteiger partial charge in [-0.15, -0.1) is 11.3 Å². The van der Waals surface area contributed by atoms with Crippen LogP contribution in [-0.4, -0.2) is 41.8 Å². The van der Waals surface area contributed by atoms with E-state index in [0.717, 1.165) is 24.0 Å². The third-order valence-corrected chi connectivity index (χ3v) is 7.00. The lowest BCUT2D eigenvalue weighted by Crippen LogP contribution is -2.22. The normalized spacial score (nSPS) is 18.4. The predicted molar refractivity (Wildman–Crippen MR) is 126 cm³/mol. The SMILES string of the molecule is NS(=O)(=O)OC[C@@H]1CC[C@H](Nc2ncncc2C(=O)c2cc(Cc3cncc(Cl)c3)cs2)C1. The summed E-state index contributed by atoms with van der Waals surface area (Å²) in [6.45, 7) is 0.0483. The summed E-state index contributed by atoms with van der Waals surface area (Å²) in [6.07, 6.45) is 9.12. The Balaban J connectivity index is 1.42. The van der Waals surface area contributed by atoms with Crippen molar-refractivity contribution in [3.63, 3.8) is 0 Å². The molecule has 0 saturated heterocycles. The third kappa shape index (κ3) is 6.55. The number of hydrogen-bond acceptors (Lipinski definition) is 9. The quantitative estimate of drug-likeness (QED) is 0.421. The zero-order valence-electron chi connectivity index (χ0n) is 17.5. The molecule has 12 heteroatoms. The molecule has 3 heterocycles. The molecule has 4 rings (SSSR count). The molecule has 1 aliphatic rings. The first-order chi connectivity index (χ1) is 15.8. The Morgan fingerprint density at radius 1 is 1.21 bits per heavy atom. The molecule has 3 aromatic rings. The maximum Gasteiger partial charge on any atom is 0.333 e. The zero-order chi connectivity index (χ0) is 23.4. The van der Waals surface area contributed by atoms with Crippen LogP contribution in [-0.2, 0) is 20.9 Å². The smallest absolute Gasteiger partial charge is 0.333 e. The summed E-state index contributed by atoms with van der Waals surface area (Å²) < 4.78 is 26.7. The second kappa shape index (κ2) is 10.2. The van der Waals surface area contributed by atoms with Crippen LogP contribution in [0.4, 0.5) is 5.82 Å². The molecule has 2 atom stereocenters. The van der Waals surface area contributed by atoms with Gasteiger partial charge in [0, 0.05) is 24.6 Å². The number of aromatic nitrogens is 3. The number of rotatable bonds is 9. The van der Waals surface area contributed by atoms with E-state index in [9.17, 15) is 13.2 Å². The highest BCUT2D eigenvalue weighted by atomic mass is 35.5. The van der Waals surface area contributed by atoms with Crippen molar-refractivity contribution in [1.82, 2.24) is 15.0 Å². The highest BCUT2D eigenvalue weighted by Crippen LogP contribution is 2.30. The van der Waals surface area contributed by atoms with Gasteiger partial charge in [-0.25, -0.2) is 15.1 Å². The van der Waals surface area contributed by atoms with Gasteiger partial charge in [-0.05, 0) is 60.2 Å². The molecule has 174 valence electrons. The van der Waals surface area contributed by atoms with Crippen molar-refractivity contribution in [2.75, 3.05) is 11.9 Å². The average Bonchev–Trinajstić information content (AvgIpc) is 3.41. The van der Waals surface area contributed by atoms with E-state index in [0.29, 0.717) is 34.1 Å². The molecule has 0 radical (unpaired) electrons. The monoisotopic (exact) mass is 507 g/mol. The van der Waals surface area contributed by atoms with Crippen LogP contribution in [0.15, 0.2) is 42.4 Å². The van der Waals surface area contributed by atoms with Gasteiger partial charge < -0.3 is 5.32 Å². The molecule has 0 aromatic carbocycles. The summed E-state index contributed by atoms with van der Waals surface area (Å²) in [5.74, 6) is 0.357. The van der Waals surface area contributed by atoms with Crippen LogP contribution in [0.3, 0.4) is 0 Å². The summed E-state index contributed by atoms with van der Waals surface area (Å²) in [5, 5.41) is 10.7. The minimum absolute atomic E-state index is 0.0368. The maximum atomic E-state index is 13.2. The van der Waals surface area contributed by atoms with Gasteiger partial charge >= 0.3 is 10.3 Å². The van der Waals surface area contributed by atoms with Crippen LogP contribution < -0.4 is 10.5 Å². The fraction of sp³-hybridized carbons (Fsp3) is 0.333. The van der Waals surface area contributed by atoms with E-state index in [-0.39, 0.29) is 24.3 Å². The van der Waals surface area contributed by atoms with E-state index in [1.165, 1.54) is 23.9 Å². The van der Waals surface area contributed by atoms with Crippen molar-refractivity contribution in [2.24, 2.45) is 11.1 Å². The number of nitrogens with one attached hydrogen (secondary N) is 1. The molecule has 1 fully saturated rings. The lowest BCUT2D eigenvalue weighted by atomic mass is 10.1. The Labute approximate surface area is 200 Å². The molecule has 1 saturated carbocycles. The summed E-state index contributed by atoms with van der Waals surface area (Å²) in [5.41, 5.74) is 2.35. The van der Waals surface area contributed by atoms with Crippen molar-refractivity contribution >= 4 is 44.8 Å². The molecule has 1 aliphatic carbocycles. The standard InChI is InChI=1S/C21H22ClN5O4S2/c22-16-4-14(7-24-8-16)3-15-6-19(32-11-15)20(28)18-9-25-12-26-21(18)27-17-2-1-13(5-17)10-31-33(23,29)30/h4,6-9,11-13,17H,1-3,5,10H2,(H2,23,29,30)(H,25,26,27)/t13-,17+/m1/s1. The van der Waals surface area contributed by atoms with Gasteiger partial charge in [-0.3, -0.25) is 14.0 Å². The first-order valence-corrected chi connectivity index (χ1v) is 12.9. The molecule has 0 spiro atoms. The van der Waals surface area contributed by atoms with Gasteiger partial charge in [-0.1, -0.05) is 11.6 Å². The van der Waals surface area contributed by atoms with Gasteiger partial charge in [0.1, 0.15) is 12.1 Å². The van der Waals surface area contributed by atoms with Gasteiger partial charge in [0.25, 0.3) is 0 Å². The number of nitrogens with zero attached hydrogens (tertiary/aromatic N) is 3. The van der Waals surface area contributed by atoms with Crippen molar-refractivity contribution < 1.29 is 17.4 Å². The maximum absolute atomic E-state index is 13.2. The molecule has 0 aliphatic heterocycles. The Morgan fingerprint density at radius 3 is 2.85 bits per heavy atom. The predicted octanol–water partition coefficient (Wildman–Crippen LogP) is 3.21. The van der Waals surface area contributed by atoms with Gasteiger partial charge in [0.2, 0.25) is 5.78 Å². The number of thiophene rings is 1. The third-order valence-electron chi connectivity index (χ3n) is 5.35. The zero-order valence-corrected chi connectivity index (χ0v) is 19.9. The first kappa shape index (κ1) is 23.7. The van der Waals surface area contributed by atoms with Crippen molar-refractivity contribution in [2.45, 2.75) is 31.7 Å². The number of carbonyl (C=O) groups excluding carboxylic acids is 1. The summed E-state index contributed by atoms with van der Waals surface area (Å²) in [7, 11) is -3.95. The van der Waals surface area contributed by atoms with Crippen LogP contribution in [0.25, 0.3) is 0 Å². The van der Waals surface area contributed by atoms with Crippen LogP contribution in [0.1, 0.15) is 45.6 Å². The fourth-order valence-electron chi connectivity index (χ4n) is 3.86. The molecule has 3 N–H and O–H groups in total. The topological polar surface area (TPSA) is 137 Å². The van der Waals surface area contributed by atoms with Crippen molar-refractivity contribution in [3.05, 3.63) is 69.0 Å². The van der Waals surface area contributed by atoms with E-state index in [1.54, 1.807) is 12.4 Å². The molecule has 0 unspecified atom stereocenters. The van der Waals surface area contributed by atoms with Gasteiger partial charge in [-0.2, -0.15) is 8.42 Å². The number of hydrogen-bond donors (Lipinski definition) is 2. The number of ketones is 1. The lowest BCUT2D eigenvalue weighted by molar-refractivity contribution is 0.104.